The van der Waals surface area contributed by atoms with Gasteiger partial charge < -0.3 is 21.5 Å². The molecule has 0 radical (unpaired) electrons. The zero-order chi connectivity index (χ0) is 10.6. The summed E-state index contributed by atoms with van der Waals surface area (Å²) in [5.41, 5.74) is 10.7. The van der Waals surface area contributed by atoms with Gasteiger partial charge in [-0.1, -0.05) is 0 Å². The monoisotopic (exact) mass is 198 g/mol. The fraction of sp³-hybridized carbons (Fsp3) is 0.571. The molecule has 0 atom stereocenters. The molecule has 1 heterocycles. The van der Waals surface area contributed by atoms with Crippen molar-refractivity contribution in [3.8, 4) is 0 Å². The van der Waals surface area contributed by atoms with Crippen LogP contribution in [0.15, 0.2) is 0 Å². The van der Waals surface area contributed by atoms with E-state index in [-0.39, 0.29) is 18.0 Å². The molecule has 1 aromatic heterocycles. The number of hydrogen-bond donors (Lipinski definition) is 3. The third kappa shape index (κ3) is 3.40. The van der Waals surface area contributed by atoms with Gasteiger partial charge in [0.1, 0.15) is 6.73 Å². The van der Waals surface area contributed by atoms with E-state index in [4.69, 9.17) is 16.2 Å². The lowest BCUT2D eigenvalue weighted by Crippen LogP contribution is -2.15. The van der Waals surface area contributed by atoms with Crippen LogP contribution in [0.4, 0.5) is 17.8 Å². The molecule has 0 unspecified atom stereocenters. The maximum Gasteiger partial charge on any atom is 0.231 e. The van der Waals surface area contributed by atoms with E-state index in [1.165, 1.54) is 0 Å². The number of nitrogens with one attached hydrogen (secondary N) is 1. The summed E-state index contributed by atoms with van der Waals surface area (Å²) in [6, 6.07) is 0. The van der Waals surface area contributed by atoms with Gasteiger partial charge in [0.15, 0.2) is 0 Å². The van der Waals surface area contributed by atoms with Gasteiger partial charge in [0.25, 0.3) is 0 Å². The van der Waals surface area contributed by atoms with Crippen molar-refractivity contribution in [1.29, 1.82) is 0 Å². The predicted octanol–water partition coefficient (Wildman–Crippen LogP) is -0.170. The number of aromatic nitrogens is 3. The molecular formula is C7H14N6O. The van der Waals surface area contributed by atoms with Crippen LogP contribution in [-0.4, -0.2) is 27.8 Å². The Balaban J connectivity index is 2.50. The van der Waals surface area contributed by atoms with E-state index >= 15 is 0 Å². The Morgan fingerprint density at radius 2 is 1.79 bits per heavy atom. The Morgan fingerprint density at radius 3 is 2.29 bits per heavy atom. The molecule has 0 aliphatic rings. The quantitative estimate of drug-likeness (QED) is 0.576. The number of hydrogen-bond acceptors (Lipinski definition) is 7. The second kappa shape index (κ2) is 4.56. The molecule has 0 saturated carbocycles. The molecule has 7 heteroatoms. The fourth-order valence-electron chi connectivity index (χ4n) is 0.761. The van der Waals surface area contributed by atoms with Gasteiger partial charge in [-0.15, -0.1) is 0 Å². The van der Waals surface area contributed by atoms with Crippen molar-refractivity contribution in [2.75, 3.05) is 23.5 Å². The molecule has 0 aliphatic carbocycles. The maximum absolute atomic E-state index is 5.37. The Labute approximate surface area is 81.9 Å². The summed E-state index contributed by atoms with van der Waals surface area (Å²) in [4.78, 5) is 11.3. The minimum atomic E-state index is 0.0875. The van der Waals surface area contributed by atoms with E-state index < -0.39 is 0 Å². The number of nitrogen functional groups attached to an aromatic ring is 2. The Hall–Kier alpha value is -1.63. The smallest absolute Gasteiger partial charge is 0.231 e. The van der Waals surface area contributed by atoms with E-state index in [9.17, 15) is 0 Å². The second-order valence-corrected chi connectivity index (χ2v) is 2.91. The van der Waals surface area contributed by atoms with Crippen LogP contribution in [0.1, 0.15) is 13.8 Å². The van der Waals surface area contributed by atoms with Gasteiger partial charge >= 0.3 is 0 Å². The van der Waals surface area contributed by atoms with Crippen molar-refractivity contribution < 1.29 is 4.74 Å². The molecular weight excluding hydrogens is 184 g/mol. The molecule has 14 heavy (non-hydrogen) atoms. The molecule has 0 aromatic carbocycles. The second-order valence-electron chi connectivity index (χ2n) is 2.91. The summed E-state index contributed by atoms with van der Waals surface area (Å²) in [6.07, 6.45) is 0.138. The minimum Gasteiger partial charge on any atom is -0.368 e. The molecule has 0 bridgehead atoms. The molecule has 78 valence electrons. The van der Waals surface area contributed by atoms with E-state index in [0.717, 1.165) is 0 Å². The Kier molecular flexibility index (Phi) is 3.41. The highest BCUT2D eigenvalue weighted by molar-refractivity contribution is 5.36. The molecule has 0 fully saturated rings. The van der Waals surface area contributed by atoms with E-state index in [1.54, 1.807) is 0 Å². The lowest BCUT2D eigenvalue weighted by Gasteiger charge is -2.08. The molecule has 0 spiro atoms. The topological polar surface area (TPSA) is 112 Å². The molecule has 0 saturated heterocycles. The van der Waals surface area contributed by atoms with Crippen LogP contribution in [0.25, 0.3) is 0 Å². The van der Waals surface area contributed by atoms with Gasteiger partial charge in [-0.25, -0.2) is 0 Å². The molecule has 0 amide bonds. The number of rotatable bonds is 4. The van der Waals surface area contributed by atoms with Gasteiger partial charge in [-0.05, 0) is 13.8 Å². The predicted molar refractivity (Wildman–Crippen MR) is 53.4 cm³/mol. The highest BCUT2D eigenvalue weighted by Gasteiger charge is 2.00. The van der Waals surface area contributed by atoms with Crippen molar-refractivity contribution >= 4 is 17.8 Å². The number of nitrogens with zero attached hydrogens (tertiary/aromatic N) is 3. The Morgan fingerprint density at radius 1 is 1.21 bits per heavy atom. The average molecular weight is 198 g/mol. The average Bonchev–Trinajstić information content (AvgIpc) is 2.01. The van der Waals surface area contributed by atoms with Gasteiger partial charge in [0.05, 0.1) is 6.10 Å². The standard InChI is InChI=1S/C7H14N6O/c1-4(2)14-3-10-7-12-5(8)11-6(9)13-7/h4H,3H2,1-2H3,(H5,8,9,10,11,12,13). The molecule has 7 nitrogen and oxygen atoms in total. The van der Waals surface area contributed by atoms with Gasteiger partial charge in [0, 0.05) is 0 Å². The summed E-state index contributed by atoms with van der Waals surface area (Å²) >= 11 is 0. The zero-order valence-corrected chi connectivity index (χ0v) is 8.19. The summed E-state index contributed by atoms with van der Waals surface area (Å²) < 4.78 is 5.23. The van der Waals surface area contributed by atoms with Crippen molar-refractivity contribution in [3.05, 3.63) is 0 Å². The first-order valence-electron chi connectivity index (χ1n) is 4.20. The lowest BCUT2D eigenvalue weighted by molar-refractivity contribution is 0.0935. The number of anilines is 3. The molecule has 5 N–H and O–H groups in total. The van der Waals surface area contributed by atoms with E-state index in [0.29, 0.717) is 12.7 Å². The van der Waals surface area contributed by atoms with Crippen LogP contribution in [0.2, 0.25) is 0 Å². The maximum atomic E-state index is 5.37. The first-order valence-corrected chi connectivity index (χ1v) is 4.20. The first kappa shape index (κ1) is 10.5. The molecule has 1 aromatic rings. The normalized spacial score (nSPS) is 10.5. The van der Waals surface area contributed by atoms with Crippen LogP contribution in [0.5, 0.6) is 0 Å². The van der Waals surface area contributed by atoms with Crippen molar-refractivity contribution in [2.45, 2.75) is 20.0 Å². The van der Waals surface area contributed by atoms with Crippen molar-refractivity contribution in [2.24, 2.45) is 0 Å². The highest BCUT2D eigenvalue weighted by atomic mass is 16.5. The first-order chi connectivity index (χ1) is 6.58. The highest BCUT2D eigenvalue weighted by Crippen LogP contribution is 2.02. The van der Waals surface area contributed by atoms with Crippen LogP contribution >= 0.6 is 0 Å². The summed E-state index contributed by atoms with van der Waals surface area (Å²) in [5.74, 6) is 0.491. The molecule has 1 rings (SSSR count). The van der Waals surface area contributed by atoms with Crippen LogP contribution < -0.4 is 16.8 Å². The van der Waals surface area contributed by atoms with E-state index in [2.05, 4.69) is 20.3 Å². The Bertz CT molecular complexity index is 282. The summed E-state index contributed by atoms with van der Waals surface area (Å²) in [5, 5.41) is 2.81. The third-order valence-corrected chi connectivity index (χ3v) is 1.32. The zero-order valence-electron chi connectivity index (χ0n) is 8.19. The van der Waals surface area contributed by atoms with Crippen LogP contribution in [0, 0.1) is 0 Å². The third-order valence-electron chi connectivity index (χ3n) is 1.32. The lowest BCUT2D eigenvalue weighted by atomic mass is 10.5. The van der Waals surface area contributed by atoms with Crippen molar-refractivity contribution in [1.82, 2.24) is 15.0 Å². The summed E-state index contributed by atoms with van der Waals surface area (Å²) in [6.45, 7) is 4.16. The van der Waals surface area contributed by atoms with E-state index in [1.807, 2.05) is 13.8 Å². The number of ether oxygens (including phenoxy) is 1. The van der Waals surface area contributed by atoms with Gasteiger partial charge in [-0.2, -0.15) is 15.0 Å². The van der Waals surface area contributed by atoms with Crippen LogP contribution in [0.3, 0.4) is 0 Å². The van der Waals surface area contributed by atoms with Crippen molar-refractivity contribution in [3.63, 3.8) is 0 Å². The molecule has 0 aliphatic heterocycles. The van der Waals surface area contributed by atoms with Gasteiger partial charge in [0.2, 0.25) is 17.8 Å². The van der Waals surface area contributed by atoms with Crippen LogP contribution in [-0.2, 0) is 4.74 Å². The van der Waals surface area contributed by atoms with Gasteiger partial charge in [-0.3, -0.25) is 0 Å². The number of nitrogens with two attached hydrogens (primary N) is 2. The fourth-order valence-corrected chi connectivity index (χ4v) is 0.761. The summed E-state index contributed by atoms with van der Waals surface area (Å²) in [7, 11) is 0. The minimum absolute atomic E-state index is 0.0875. The largest absolute Gasteiger partial charge is 0.368 e. The SMILES string of the molecule is CC(C)OCNc1nc(N)nc(N)n1.